The van der Waals surface area contributed by atoms with Crippen LogP contribution in [0.3, 0.4) is 0 Å². The summed E-state index contributed by atoms with van der Waals surface area (Å²) >= 11 is 1.29. The second-order valence-corrected chi connectivity index (χ2v) is 7.41. The van der Waals surface area contributed by atoms with Crippen LogP contribution in [0, 0.1) is 17.0 Å². The monoisotopic (exact) mass is 396 g/mol. The Morgan fingerprint density at radius 2 is 2.00 bits per heavy atom. The predicted octanol–water partition coefficient (Wildman–Crippen LogP) is 4.10. The van der Waals surface area contributed by atoms with E-state index in [0.717, 1.165) is 5.56 Å². The molecule has 0 saturated carbocycles. The van der Waals surface area contributed by atoms with Crippen LogP contribution in [0.15, 0.2) is 53.9 Å². The molecule has 0 unspecified atom stereocenters. The topological polar surface area (TPSA) is 88.4 Å². The van der Waals surface area contributed by atoms with Gasteiger partial charge in [0.1, 0.15) is 0 Å². The van der Waals surface area contributed by atoms with Crippen molar-refractivity contribution in [3.63, 3.8) is 0 Å². The molecule has 1 heterocycles. The highest BCUT2D eigenvalue weighted by atomic mass is 32.1. The Hall–Kier alpha value is -3.10. The zero-order valence-electron chi connectivity index (χ0n) is 15.6. The molecule has 144 valence electrons. The third kappa shape index (κ3) is 5.21. The van der Waals surface area contributed by atoms with Gasteiger partial charge in [0, 0.05) is 29.6 Å². The van der Waals surface area contributed by atoms with Gasteiger partial charge in [0.15, 0.2) is 5.13 Å². The SMILES string of the molecule is Cc1ccc(CN(C)CC(=O)Nc2nc(-c3cccc([N+](=O)[O-])c3)cs2)cc1. The maximum Gasteiger partial charge on any atom is 0.270 e. The number of aryl methyl sites for hydroxylation is 1. The summed E-state index contributed by atoms with van der Waals surface area (Å²) in [5.41, 5.74) is 3.59. The highest BCUT2D eigenvalue weighted by Gasteiger charge is 2.13. The molecule has 0 aliphatic rings. The van der Waals surface area contributed by atoms with Crippen LogP contribution in [0.25, 0.3) is 11.3 Å². The van der Waals surface area contributed by atoms with Gasteiger partial charge in [-0.3, -0.25) is 19.8 Å². The predicted molar refractivity (Wildman–Crippen MR) is 110 cm³/mol. The van der Waals surface area contributed by atoms with E-state index in [1.165, 1.54) is 29.0 Å². The first-order chi connectivity index (χ1) is 13.4. The third-order valence-corrected chi connectivity index (χ3v) is 4.85. The van der Waals surface area contributed by atoms with Crippen molar-refractivity contribution in [2.45, 2.75) is 13.5 Å². The lowest BCUT2D eigenvalue weighted by Gasteiger charge is -2.15. The Morgan fingerprint density at radius 3 is 2.71 bits per heavy atom. The van der Waals surface area contributed by atoms with Gasteiger partial charge in [-0.2, -0.15) is 0 Å². The van der Waals surface area contributed by atoms with Crippen LogP contribution < -0.4 is 5.32 Å². The van der Waals surface area contributed by atoms with Crippen LogP contribution >= 0.6 is 11.3 Å². The van der Waals surface area contributed by atoms with Crippen molar-refractivity contribution in [3.05, 3.63) is 75.2 Å². The molecule has 7 nitrogen and oxygen atoms in total. The van der Waals surface area contributed by atoms with E-state index in [4.69, 9.17) is 0 Å². The molecule has 0 radical (unpaired) electrons. The highest BCUT2D eigenvalue weighted by Crippen LogP contribution is 2.27. The summed E-state index contributed by atoms with van der Waals surface area (Å²) in [5.74, 6) is -0.158. The van der Waals surface area contributed by atoms with E-state index in [9.17, 15) is 14.9 Å². The number of nitro groups is 1. The molecule has 0 aliphatic carbocycles. The molecule has 3 rings (SSSR count). The van der Waals surface area contributed by atoms with Gasteiger partial charge in [-0.05, 0) is 19.5 Å². The largest absolute Gasteiger partial charge is 0.301 e. The van der Waals surface area contributed by atoms with Crippen molar-refractivity contribution in [1.29, 1.82) is 0 Å². The average molecular weight is 396 g/mol. The minimum Gasteiger partial charge on any atom is -0.301 e. The van der Waals surface area contributed by atoms with Crippen molar-refractivity contribution in [1.82, 2.24) is 9.88 Å². The number of hydrogen-bond acceptors (Lipinski definition) is 6. The molecule has 0 spiro atoms. The van der Waals surface area contributed by atoms with Crippen LogP contribution in [-0.4, -0.2) is 34.3 Å². The average Bonchev–Trinajstić information content (AvgIpc) is 3.12. The number of nitro benzene ring substituents is 1. The smallest absolute Gasteiger partial charge is 0.270 e. The summed E-state index contributed by atoms with van der Waals surface area (Å²) < 4.78 is 0. The number of nitrogens with zero attached hydrogens (tertiary/aromatic N) is 3. The molecule has 3 aromatic rings. The number of carbonyl (C=O) groups is 1. The third-order valence-electron chi connectivity index (χ3n) is 4.09. The number of non-ortho nitro benzene ring substituents is 1. The Morgan fingerprint density at radius 1 is 1.25 bits per heavy atom. The second kappa shape index (κ2) is 8.73. The van der Waals surface area contributed by atoms with Crippen molar-refractivity contribution in [2.75, 3.05) is 18.9 Å². The van der Waals surface area contributed by atoms with Gasteiger partial charge < -0.3 is 5.32 Å². The first kappa shape index (κ1) is 19.7. The molecule has 0 saturated heterocycles. The van der Waals surface area contributed by atoms with E-state index in [0.29, 0.717) is 22.9 Å². The van der Waals surface area contributed by atoms with Crippen molar-refractivity contribution in [2.24, 2.45) is 0 Å². The molecule has 28 heavy (non-hydrogen) atoms. The van der Waals surface area contributed by atoms with E-state index in [-0.39, 0.29) is 18.1 Å². The number of thiazole rings is 1. The molecule has 2 aromatic carbocycles. The van der Waals surface area contributed by atoms with Crippen LogP contribution in [0.2, 0.25) is 0 Å². The number of hydrogen-bond donors (Lipinski definition) is 1. The number of rotatable bonds is 7. The van der Waals surface area contributed by atoms with Gasteiger partial charge in [0.2, 0.25) is 5.91 Å². The molecule has 1 aromatic heterocycles. The van der Waals surface area contributed by atoms with Crippen molar-refractivity contribution in [3.8, 4) is 11.3 Å². The summed E-state index contributed by atoms with van der Waals surface area (Å²) in [6.07, 6.45) is 0. The lowest BCUT2D eigenvalue weighted by molar-refractivity contribution is -0.384. The lowest BCUT2D eigenvalue weighted by atomic mass is 10.1. The fourth-order valence-electron chi connectivity index (χ4n) is 2.71. The number of amides is 1. The summed E-state index contributed by atoms with van der Waals surface area (Å²) in [4.78, 5) is 29.0. The Bertz CT molecular complexity index is 985. The van der Waals surface area contributed by atoms with Gasteiger partial charge in [0.05, 0.1) is 17.2 Å². The first-order valence-electron chi connectivity index (χ1n) is 8.65. The van der Waals surface area contributed by atoms with Crippen LogP contribution in [-0.2, 0) is 11.3 Å². The summed E-state index contributed by atoms with van der Waals surface area (Å²) in [7, 11) is 1.88. The molecule has 1 amide bonds. The summed E-state index contributed by atoms with van der Waals surface area (Å²) in [6, 6.07) is 14.5. The summed E-state index contributed by atoms with van der Waals surface area (Å²) in [5, 5.41) is 15.9. The minimum absolute atomic E-state index is 0.00816. The number of carbonyl (C=O) groups excluding carboxylic acids is 1. The first-order valence-corrected chi connectivity index (χ1v) is 9.53. The van der Waals surface area contributed by atoms with Crippen molar-refractivity contribution >= 4 is 28.1 Å². The summed E-state index contributed by atoms with van der Waals surface area (Å²) in [6.45, 7) is 2.95. The normalized spacial score (nSPS) is 10.8. The zero-order chi connectivity index (χ0) is 20.1. The quantitative estimate of drug-likeness (QED) is 0.480. The molecular formula is C20H20N4O3S. The second-order valence-electron chi connectivity index (χ2n) is 6.55. The van der Waals surface area contributed by atoms with E-state index < -0.39 is 4.92 Å². The molecule has 0 bridgehead atoms. The van der Waals surface area contributed by atoms with Crippen LogP contribution in [0.5, 0.6) is 0 Å². The van der Waals surface area contributed by atoms with E-state index in [1.54, 1.807) is 17.5 Å². The number of anilines is 1. The Kier molecular flexibility index (Phi) is 6.13. The van der Waals surface area contributed by atoms with Gasteiger partial charge in [-0.15, -0.1) is 11.3 Å². The molecule has 0 fully saturated rings. The number of nitrogens with one attached hydrogen (secondary N) is 1. The zero-order valence-corrected chi connectivity index (χ0v) is 16.4. The maximum atomic E-state index is 12.3. The van der Waals surface area contributed by atoms with Crippen LogP contribution in [0.1, 0.15) is 11.1 Å². The van der Waals surface area contributed by atoms with E-state index >= 15 is 0 Å². The molecule has 1 N–H and O–H groups in total. The lowest BCUT2D eigenvalue weighted by Crippen LogP contribution is -2.29. The number of aromatic nitrogens is 1. The minimum atomic E-state index is -0.442. The number of likely N-dealkylation sites (N-methyl/N-ethyl adjacent to an activating group) is 1. The fraction of sp³-hybridized carbons (Fsp3) is 0.200. The van der Waals surface area contributed by atoms with Crippen LogP contribution in [0.4, 0.5) is 10.8 Å². The molecule has 0 atom stereocenters. The highest BCUT2D eigenvalue weighted by molar-refractivity contribution is 7.14. The van der Waals surface area contributed by atoms with E-state index in [2.05, 4.69) is 22.4 Å². The molecule has 0 aliphatic heterocycles. The molecular weight excluding hydrogens is 376 g/mol. The van der Waals surface area contributed by atoms with Gasteiger partial charge in [0.25, 0.3) is 5.69 Å². The van der Waals surface area contributed by atoms with Gasteiger partial charge in [-0.1, -0.05) is 42.0 Å². The number of benzene rings is 2. The van der Waals surface area contributed by atoms with Crippen molar-refractivity contribution < 1.29 is 9.72 Å². The Balaban J connectivity index is 1.58. The standard InChI is InChI=1S/C20H20N4O3S/c1-14-6-8-15(9-7-14)11-23(2)12-19(25)22-20-21-18(13-28-20)16-4-3-5-17(10-16)24(26)27/h3-10,13H,11-12H2,1-2H3,(H,21,22,25). The maximum absolute atomic E-state index is 12.3. The van der Waals surface area contributed by atoms with Gasteiger partial charge in [-0.25, -0.2) is 4.98 Å². The Labute approximate surface area is 166 Å². The van der Waals surface area contributed by atoms with Gasteiger partial charge >= 0.3 is 0 Å². The van der Waals surface area contributed by atoms with E-state index in [1.807, 2.05) is 31.0 Å². The fourth-order valence-corrected chi connectivity index (χ4v) is 3.44. The molecule has 8 heteroatoms.